The quantitative estimate of drug-likeness (QED) is 0.588. The molecule has 0 amide bonds. The third-order valence-corrected chi connectivity index (χ3v) is 2.86. The molecule has 1 atom stereocenters. The van der Waals surface area contributed by atoms with Crippen LogP contribution in [0.25, 0.3) is 0 Å². The van der Waals surface area contributed by atoms with Crippen LogP contribution < -0.4 is 0 Å². The molecular weight excluding hydrogens is 184 g/mol. The first-order valence-corrected chi connectivity index (χ1v) is 6.64. The van der Waals surface area contributed by atoms with Gasteiger partial charge in [-0.05, 0) is 24.7 Å². The number of rotatable bonds is 8. The third-order valence-electron chi connectivity index (χ3n) is 2.86. The highest BCUT2D eigenvalue weighted by atomic mass is 16.3. The van der Waals surface area contributed by atoms with Gasteiger partial charge < -0.3 is 5.11 Å². The molecular formula is C14H30O. The molecule has 0 aromatic rings. The van der Waals surface area contributed by atoms with E-state index in [4.69, 9.17) is 0 Å². The molecule has 1 heteroatoms. The molecule has 0 aromatic heterocycles. The molecule has 0 aliphatic rings. The van der Waals surface area contributed by atoms with Crippen molar-refractivity contribution in [3.05, 3.63) is 0 Å². The van der Waals surface area contributed by atoms with Crippen molar-refractivity contribution >= 4 is 0 Å². The minimum atomic E-state index is -0.0420. The largest absolute Gasteiger partial charge is 0.393 e. The lowest BCUT2D eigenvalue weighted by molar-refractivity contribution is 0.147. The van der Waals surface area contributed by atoms with Crippen LogP contribution in [-0.4, -0.2) is 11.2 Å². The molecule has 0 saturated carbocycles. The van der Waals surface area contributed by atoms with E-state index < -0.39 is 0 Å². The van der Waals surface area contributed by atoms with Crippen LogP contribution in [-0.2, 0) is 0 Å². The second-order valence-electron chi connectivity index (χ2n) is 5.96. The number of hydrogen-bond donors (Lipinski definition) is 1. The Bertz CT molecular complexity index is 135. The maximum atomic E-state index is 9.64. The predicted molar refractivity (Wildman–Crippen MR) is 68.1 cm³/mol. The highest BCUT2D eigenvalue weighted by molar-refractivity contribution is 4.62. The lowest BCUT2D eigenvalue weighted by Gasteiger charge is -2.17. The average molecular weight is 214 g/mol. The van der Waals surface area contributed by atoms with Crippen LogP contribution in [0, 0.1) is 5.41 Å². The molecule has 0 rings (SSSR count). The van der Waals surface area contributed by atoms with Crippen LogP contribution in [0.15, 0.2) is 0 Å². The van der Waals surface area contributed by atoms with Gasteiger partial charge in [-0.15, -0.1) is 0 Å². The number of aliphatic hydroxyl groups excluding tert-OH is 1. The van der Waals surface area contributed by atoms with Gasteiger partial charge in [0, 0.05) is 0 Å². The molecule has 92 valence electrons. The SMILES string of the molecule is CCCCC(O)CCCCCC(C)(C)C. The molecule has 0 saturated heterocycles. The highest BCUT2D eigenvalue weighted by Gasteiger charge is 2.09. The van der Waals surface area contributed by atoms with Gasteiger partial charge in [0.15, 0.2) is 0 Å². The van der Waals surface area contributed by atoms with E-state index in [2.05, 4.69) is 27.7 Å². The van der Waals surface area contributed by atoms with E-state index in [0.717, 1.165) is 12.8 Å². The second-order valence-corrected chi connectivity index (χ2v) is 5.96. The standard InChI is InChI=1S/C14H30O/c1-5-6-10-13(15)11-8-7-9-12-14(2,3)4/h13,15H,5-12H2,1-4H3. The van der Waals surface area contributed by atoms with Gasteiger partial charge in [-0.3, -0.25) is 0 Å². The van der Waals surface area contributed by atoms with Gasteiger partial charge in [0.2, 0.25) is 0 Å². The Hall–Kier alpha value is -0.0400. The molecule has 0 radical (unpaired) electrons. The highest BCUT2D eigenvalue weighted by Crippen LogP contribution is 2.22. The van der Waals surface area contributed by atoms with E-state index in [0.29, 0.717) is 5.41 Å². The molecule has 0 fully saturated rings. The molecule has 1 unspecified atom stereocenters. The fourth-order valence-electron chi connectivity index (χ4n) is 1.80. The molecule has 0 aromatic carbocycles. The van der Waals surface area contributed by atoms with E-state index in [1.165, 1.54) is 38.5 Å². The molecule has 0 bridgehead atoms. The molecule has 1 nitrogen and oxygen atoms in total. The fourth-order valence-corrected chi connectivity index (χ4v) is 1.80. The topological polar surface area (TPSA) is 20.2 Å². The number of unbranched alkanes of at least 4 members (excludes halogenated alkanes) is 3. The summed E-state index contributed by atoms with van der Waals surface area (Å²) in [5, 5.41) is 9.64. The van der Waals surface area contributed by atoms with E-state index in [1.807, 2.05) is 0 Å². The summed E-state index contributed by atoms with van der Waals surface area (Å²) in [6, 6.07) is 0. The normalized spacial score (nSPS) is 14.2. The van der Waals surface area contributed by atoms with Gasteiger partial charge in [-0.25, -0.2) is 0 Å². The van der Waals surface area contributed by atoms with E-state index >= 15 is 0 Å². The first kappa shape index (κ1) is 15.0. The summed E-state index contributed by atoms with van der Waals surface area (Å²) in [6.07, 6.45) is 9.41. The van der Waals surface area contributed by atoms with E-state index in [9.17, 15) is 5.11 Å². The van der Waals surface area contributed by atoms with E-state index in [-0.39, 0.29) is 6.10 Å². The fraction of sp³-hybridized carbons (Fsp3) is 1.00. The van der Waals surface area contributed by atoms with Gasteiger partial charge in [0.25, 0.3) is 0 Å². The lowest BCUT2D eigenvalue weighted by atomic mass is 9.89. The summed E-state index contributed by atoms with van der Waals surface area (Å²) in [4.78, 5) is 0. The number of aliphatic hydroxyl groups is 1. The van der Waals surface area contributed by atoms with Gasteiger partial charge >= 0.3 is 0 Å². The zero-order valence-electron chi connectivity index (χ0n) is 11.2. The van der Waals surface area contributed by atoms with Crippen LogP contribution in [0.3, 0.4) is 0 Å². The van der Waals surface area contributed by atoms with Crippen molar-refractivity contribution in [2.75, 3.05) is 0 Å². The molecule has 0 aliphatic carbocycles. The first-order valence-electron chi connectivity index (χ1n) is 6.64. The third kappa shape index (κ3) is 11.9. The summed E-state index contributed by atoms with van der Waals surface area (Å²) in [7, 11) is 0. The van der Waals surface area contributed by atoms with Crippen LogP contribution in [0.2, 0.25) is 0 Å². The Balaban J connectivity index is 3.23. The Kier molecular flexibility index (Phi) is 8.13. The van der Waals surface area contributed by atoms with Crippen molar-refractivity contribution in [3.8, 4) is 0 Å². The summed E-state index contributed by atoms with van der Waals surface area (Å²) >= 11 is 0. The summed E-state index contributed by atoms with van der Waals surface area (Å²) < 4.78 is 0. The molecule has 0 spiro atoms. The van der Waals surface area contributed by atoms with E-state index in [1.54, 1.807) is 0 Å². The second kappa shape index (κ2) is 8.15. The van der Waals surface area contributed by atoms with Crippen molar-refractivity contribution in [3.63, 3.8) is 0 Å². The van der Waals surface area contributed by atoms with Gasteiger partial charge in [0.1, 0.15) is 0 Å². The zero-order valence-corrected chi connectivity index (χ0v) is 11.2. The Morgan fingerprint density at radius 2 is 1.53 bits per heavy atom. The Morgan fingerprint density at radius 1 is 0.933 bits per heavy atom. The molecule has 0 aliphatic heterocycles. The molecule has 0 heterocycles. The minimum Gasteiger partial charge on any atom is -0.393 e. The van der Waals surface area contributed by atoms with Crippen molar-refractivity contribution in [1.29, 1.82) is 0 Å². The van der Waals surface area contributed by atoms with Gasteiger partial charge in [-0.1, -0.05) is 59.8 Å². The maximum absolute atomic E-state index is 9.64. The Morgan fingerprint density at radius 3 is 2.07 bits per heavy atom. The zero-order chi connectivity index (χ0) is 11.7. The van der Waals surface area contributed by atoms with Crippen LogP contribution in [0.4, 0.5) is 0 Å². The monoisotopic (exact) mass is 214 g/mol. The van der Waals surface area contributed by atoms with Crippen LogP contribution >= 0.6 is 0 Å². The minimum absolute atomic E-state index is 0.0420. The first-order chi connectivity index (χ1) is 6.95. The van der Waals surface area contributed by atoms with Crippen LogP contribution in [0.5, 0.6) is 0 Å². The van der Waals surface area contributed by atoms with Crippen molar-refractivity contribution in [2.45, 2.75) is 85.2 Å². The van der Waals surface area contributed by atoms with Crippen molar-refractivity contribution in [2.24, 2.45) is 5.41 Å². The molecule has 15 heavy (non-hydrogen) atoms. The van der Waals surface area contributed by atoms with Crippen molar-refractivity contribution < 1.29 is 5.11 Å². The smallest absolute Gasteiger partial charge is 0.0540 e. The van der Waals surface area contributed by atoms with Gasteiger partial charge in [0.05, 0.1) is 6.10 Å². The summed E-state index contributed by atoms with van der Waals surface area (Å²) in [5.74, 6) is 0. The van der Waals surface area contributed by atoms with Crippen LogP contribution in [0.1, 0.15) is 79.1 Å². The Labute approximate surface area is 96.3 Å². The number of hydrogen-bond acceptors (Lipinski definition) is 1. The predicted octanol–water partition coefficient (Wildman–Crippen LogP) is 4.53. The maximum Gasteiger partial charge on any atom is 0.0540 e. The summed E-state index contributed by atoms with van der Waals surface area (Å²) in [5.41, 5.74) is 0.473. The van der Waals surface area contributed by atoms with Crippen molar-refractivity contribution in [1.82, 2.24) is 0 Å². The lowest BCUT2D eigenvalue weighted by Crippen LogP contribution is -2.07. The average Bonchev–Trinajstić information content (AvgIpc) is 2.12. The molecule has 1 N–H and O–H groups in total. The van der Waals surface area contributed by atoms with Gasteiger partial charge in [-0.2, -0.15) is 0 Å². The summed E-state index contributed by atoms with van der Waals surface area (Å²) in [6.45, 7) is 9.06.